The van der Waals surface area contributed by atoms with E-state index in [0.29, 0.717) is 0 Å². The summed E-state index contributed by atoms with van der Waals surface area (Å²) in [6.45, 7) is 0. The summed E-state index contributed by atoms with van der Waals surface area (Å²) >= 11 is 0. The maximum atomic E-state index is 6.77. The zero-order chi connectivity index (χ0) is 28.8. The number of allylic oxidation sites excluding steroid dienone is 1. The second kappa shape index (κ2) is 8.95. The van der Waals surface area contributed by atoms with Gasteiger partial charge < -0.3 is 8.83 Å². The van der Waals surface area contributed by atoms with E-state index >= 15 is 0 Å². The zero-order valence-corrected chi connectivity index (χ0v) is 23.9. The van der Waals surface area contributed by atoms with E-state index in [1.165, 1.54) is 49.4 Å². The average molecular weight is 563 g/mol. The number of hydrogen-bond donors (Lipinski definition) is 0. The van der Waals surface area contributed by atoms with E-state index in [1.807, 2.05) is 12.1 Å². The van der Waals surface area contributed by atoms with Crippen molar-refractivity contribution in [3.8, 4) is 22.3 Å². The molecule has 0 saturated carbocycles. The minimum absolute atomic E-state index is 0.887. The summed E-state index contributed by atoms with van der Waals surface area (Å²) < 4.78 is 13.5. The summed E-state index contributed by atoms with van der Waals surface area (Å²) in [6.07, 6.45) is 6.61. The highest BCUT2D eigenvalue weighted by atomic mass is 16.3. The van der Waals surface area contributed by atoms with E-state index < -0.39 is 0 Å². The number of rotatable bonds is 2. The van der Waals surface area contributed by atoms with Gasteiger partial charge in [-0.05, 0) is 80.9 Å². The molecule has 206 valence electrons. The predicted molar refractivity (Wildman–Crippen MR) is 184 cm³/mol. The molecule has 2 heteroatoms. The van der Waals surface area contributed by atoms with E-state index in [0.717, 1.165) is 62.3 Å². The first kappa shape index (κ1) is 23.9. The van der Waals surface area contributed by atoms with Gasteiger partial charge in [-0.1, -0.05) is 109 Å². The minimum Gasteiger partial charge on any atom is -0.455 e. The molecule has 0 N–H and O–H groups in total. The summed E-state index contributed by atoms with van der Waals surface area (Å²) in [4.78, 5) is 0. The fourth-order valence-electron chi connectivity index (χ4n) is 7.59. The smallest absolute Gasteiger partial charge is 0.147 e. The molecule has 44 heavy (non-hydrogen) atoms. The molecule has 1 aliphatic rings. The third-order valence-electron chi connectivity index (χ3n) is 9.51. The fourth-order valence-corrected chi connectivity index (χ4v) is 7.59. The van der Waals surface area contributed by atoms with Crippen LogP contribution in [0.15, 0.2) is 136 Å². The van der Waals surface area contributed by atoms with Crippen LogP contribution in [0.25, 0.3) is 93.8 Å². The molecule has 2 heterocycles. The van der Waals surface area contributed by atoms with Gasteiger partial charge in [-0.15, -0.1) is 0 Å². The Bertz CT molecular complexity index is 2570. The molecule has 0 aliphatic heterocycles. The maximum absolute atomic E-state index is 6.77. The van der Waals surface area contributed by atoms with Gasteiger partial charge in [-0.2, -0.15) is 0 Å². The highest BCUT2D eigenvalue weighted by molar-refractivity contribution is 6.25. The Kier molecular flexibility index (Phi) is 4.86. The molecule has 7 aromatic carbocycles. The van der Waals surface area contributed by atoms with Crippen LogP contribution in [0.1, 0.15) is 17.5 Å². The van der Waals surface area contributed by atoms with Crippen molar-refractivity contribution < 1.29 is 8.83 Å². The Labute approximate surface area is 253 Å². The van der Waals surface area contributed by atoms with Crippen LogP contribution in [-0.2, 0) is 6.42 Å². The molecule has 0 unspecified atom stereocenters. The van der Waals surface area contributed by atoms with Crippen molar-refractivity contribution in [3.05, 3.63) is 139 Å². The lowest BCUT2D eigenvalue weighted by atomic mass is 9.79. The Balaban J connectivity index is 1.41. The van der Waals surface area contributed by atoms with E-state index in [4.69, 9.17) is 8.83 Å². The Morgan fingerprint density at radius 2 is 1.05 bits per heavy atom. The largest absolute Gasteiger partial charge is 0.455 e. The molecule has 1 aliphatic carbocycles. The molecule has 0 spiro atoms. The number of fused-ring (bicyclic) bond motifs is 9. The standard InChI is InChI=1S/C42H26O2/c1-2-12-26-23-27(22-21-25(26)11-1)38-30-15-3-5-17-32(30)39(33-18-6-4-16-31(33)38)40-41-34(28-13-7-9-19-36(28)43-41)24-35-29-14-8-10-20-37(29)44-42(35)40/h1-5,7-17,19-24H,6,18H2. The molecule has 0 saturated heterocycles. The van der Waals surface area contributed by atoms with Gasteiger partial charge in [0.1, 0.15) is 22.3 Å². The van der Waals surface area contributed by atoms with Crippen molar-refractivity contribution in [3.63, 3.8) is 0 Å². The molecule has 0 fully saturated rings. The summed E-state index contributed by atoms with van der Waals surface area (Å²) in [5, 5.41) is 9.46. The van der Waals surface area contributed by atoms with Crippen molar-refractivity contribution in [2.45, 2.75) is 12.8 Å². The monoisotopic (exact) mass is 562 g/mol. The van der Waals surface area contributed by atoms with Crippen LogP contribution >= 0.6 is 0 Å². The third-order valence-corrected chi connectivity index (χ3v) is 9.51. The number of para-hydroxylation sites is 2. The van der Waals surface area contributed by atoms with E-state index in [2.05, 4.69) is 121 Å². The molecular formula is C42H26O2. The molecule has 0 bridgehead atoms. The molecule has 2 nitrogen and oxygen atoms in total. The van der Waals surface area contributed by atoms with E-state index in [1.54, 1.807) is 0 Å². The van der Waals surface area contributed by atoms with Crippen molar-refractivity contribution in [2.24, 2.45) is 0 Å². The molecular weight excluding hydrogens is 536 g/mol. The first-order valence-corrected chi connectivity index (χ1v) is 15.3. The van der Waals surface area contributed by atoms with Gasteiger partial charge >= 0.3 is 0 Å². The van der Waals surface area contributed by atoms with Crippen LogP contribution in [0.2, 0.25) is 0 Å². The summed E-state index contributed by atoms with van der Waals surface area (Å²) in [5.74, 6) is 0. The van der Waals surface area contributed by atoms with Gasteiger partial charge in [-0.25, -0.2) is 0 Å². The summed E-state index contributed by atoms with van der Waals surface area (Å²) in [6, 6.07) is 43.4. The Morgan fingerprint density at radius 3 is 1.75 bits per heavy atom. The highest BCUT2D eigenvalue weighted by Gasteiger charge is 2.27. The van der Waals surface area contributed by atoms with E-state index in [9.17, 15) is 0 Å². The SMILES string of the molecule is C1=Cc2c(c(-c3c4oc5ccccc5c4cc4c3oc3ccccc34)c3ccccc3c2-c2ccc3ccccc3c2)CC1. The normalized spacial score (nSPS) is 13.2. The van der Waals surface area contributed by atoms with Gasteiger partial charge in [0, 0.05) is 27.1 Å². The second-order valence-electron chi connectivity index (χ2n) is 11.9. The number of hydrogen-bond acceptors (Lipinski definition) is 2. The predicted octanol–water partition coefficient (Wildman–Crippen LogP) is 12.1. The van der Waals surface area contributed by atoms with Crippen molar-refractivity contribution in [1.29, 1.82) is 0 Å². The molecule has 0 atom stereocenters. The lowest BCUT2D eigenvalue weighted by Gasteiger charge is -2.24. The Hall–Kier alpha value is -5.60. The van der Waals surface area contributed by atoms with Gasteiger partial charge in [0.15, 0.2) is 0 Å². The molecule has 0 amide bonds. The molecule has 10 rings (SSSR count). The third kappa shape index (κ3) is 3.25. The van der Waals surface area contributed by atoms with Gasteiger partial charge in [0.2, 0.25) is 0 Å². The van der Waals surface area contributed by atoms with Crippen LogP contribution < -0.4 is 0 Å². The summed E-state index contributed by atoms with van der Waals surface area (Å²) in [7, 11) is 0. The van der Waals surface area contributed by atoms with Gasteiger partial charge in [-0.3, -0.25) is 0 Å². The zero-order valence-electron chi connectivity index (χ0n) is 23.9. The highest BCUT2D eigenvalue weighted by Crippen LogP contribution is 2.51. The lowest BCUT2D eigenvalue weighted by Crippen LogP contribution is -2.03. The van der Waals surface area contributed by atoms with Crippen LogP contribution in [-0.4, -0.2) is 0 Å². The molecule has 2 aromatic heterocycles. The van der Waals surface area contributed by atoms with Crippen LogP contribution in [0.3, 0.4) is 0 Å². The van der Waals surface area contributed by atoms with Crippen molar-refractivity contribution in [1.82, 2.24) is 0 Å². The topological polar surface area (TPSA) is 26.3 Å². The number of benzene rings is 7. The first-order chi connectivity index (χ1) is 21.8. The second-order valence-corrected chi connectivity index (χ2v) is 11.9. The summed E-state index contributed by atoms with van der Waals surface area (Å²) in [5.41, 5.74) is 11.0. The van der Waals surface area contributed by atoms with E-state index in [-0.39, 0.29) is 0 Å². The minimum atomic E-state index is 0.887. The fraction of sp³-hybridized carbons (Fsp3) is 0.0476. The van der Waals surface area contributed by atoms with Crippen LogP contribution in [0.5, 0.6) is 0 Å². The maximum Gasteiger partial charge on any atom is 0.147 e. The van der Waals surface area contributed by atoms with Gasteiger partial charge in [0.25, 0.3) is 0 Å². The lowest BCUT2D eigenvalue weighted by molar-refractivity contribution is 0.658. The van der Waals surface area contributed by atoms with Crippen LogP contribution in [0.4, 0.5) is 0 Å². The molecule has 0 radical (unpaired) electrons. The average Bonchev–Trinajstić information content (AvgIpc) is 3.64. The molecule has 9 aromatic rings. The van der Waals surface area contributed by atoms with Crippen LogP contribution in [0, 0.1) is 0 Å². The Morgan fingerprint density at radius 1 is 0.455 bits per heavy atom. The van der Waals surface area contributed by atoms with Crippen molar-refractivity contribution in [2.75, 3.05) is 0 Å². The van der Waals surface area contributed by atoms with Gasteiger partial charge in [0.05, 0.1) is 5.56 Å². The number of furan rings is 2. The first-order valence-electron chi connectivity index (χ1n) is 15.3. The quantitative estimate of drug-likeness (QED) is 0.209. The van der Waals surface area contributed by atoms with Crippen molar-refractivity contribution >= 4 is 71.5 Å².